The van der Waals surface area contributed by atoms with Crippen molar-refractivity contribution in [3.8, 4) is 11.5 Å². The van der Waals surface area contributed by atoms with Crippen molar-refractivity contribution in [2.24, 2.45) is 0 Å². The van der Waals surface area contributed by atoms with Crippen LogP contribution in [0.25, 0.3) is 0 Å². The van der Waals surface area contributed by atoms with E-state index in [2.05, 4.69) is 5.32 Å². The normalized spacial score (nSPS) is 18.7. The number of nitrogens with one attached hydrogen (secondary N) is 1. The van der Waals surface area contributed by atoms with E-state index < -0.39 is 32.1 Å². The topological polar surface area (TPSA) is 132 Å². The summed E-state index contributed by atoms with van der Waals surface area (Å²) in [6.45, 7) is 1.39. The molecule has 196 valence electrons. The standard InChI is InChI=1S/C22H26ClN3O8S2/c1-35(28,29)26-15-21(34-20-7-2-16(23)14-19(20)26)22(27)24-8-11-33-17-3-5-18(6-4-17)36(30,31)25-9-12-32-13-10-25/h2-7,14,21H,8-13,15H2,1H3,(H,24,27). The van der Waals surface area contributed by atoms with Crippen molar-refractivity contribution in [1.82, 2.24) is 9.62 Å². The summed E-state index contributed by atoms with van der Waals surface area (Å²) >= 11 is 5.99. The molecule has 0 aromatic heterocycles. The number of carbonyl (C=O) groups excluding carboxylic acids is 1. The quantitative estimate of drug-likeness (QED) is 0.475. The van der Waals surface area contributed by atoms with Gasteiger partial charge in [0, 0.05) is 18.1 Å². The van der Waals surface area contributed by atoms with E-state index in [-0.39, 0.29) is 36.0 Å². The molecule has 4 rings (SSSR count). The number of anilines is 1. The molecule has 1 fully saturated rings. The van der Waals surface area contributed by atoms with Gasteiger partial charge in [0.1, 0.15) is 18.1 Å². The summed E-state index contributed by atoms with van der Waals surface area (Å²) in [6, 6.07) is 10.6. The monoisotopic (exact) mass is 559 g/mol. The number of hydrogen-bond acceptors (Lipinski definition) is 8. The van der Waals surface area contributed by atoms with Crippen LogP contribution in [-0.2, 0) is 29.6 Å². The van der Waals surface area contributed by atoms with Gasteiger partial charge in [-0.3, -0.25) is 9.10 Å². The van der Waals surface area contributed by atoms with Crippen molar-refractivity contribution in [1.29, 1.82) is 0 Å². The van der Waals surface area contributed by atoms with Gasteiger partial charge in [-0.25, -0.2) is 16.8 Å². The lowest BCUT2D eigenvalue weighted by Crippen LogP contribution is -2.51. The molecule has 2 aliphatic heterocycles. The minimum absolute atomic E-state index is 0.107. The van der Waals surface area contributed by atoms with Crippen molar-refractivity contribution >= 4 is 43.2 Å². The maximum Gasteiger partial charge on any atom is 0.263 e. The zero-order valence-electron chi connectivity index (χ0n) is 19.4. The smallest absolute Gasteiger partial charge is 0.263 e. The minimum atomic E-state index is -3.67. The summed E-state index contributed by atoms with van der Waals surface area (Å²) in [5.41, 5.74) is 0.275. The van der Waals surface area contributed by atoms with E-state index in [9.17, 15) is 21.6 Å². The first-order valence-corrected chi connectivity index (χ1v) is 14.7. The highest BCUT2D eigenvalue weighted by Crippen LogP contribution is 2.37. The number of halogens is 1. The summed E-state index contributed by atoms with van der Waals surface area (Å²) in [5, 5.41) is 3.01. The van der Waals surface area contributed by atoms with Gasteiger partial charge in [-0.2, -0.15) is 4.31 Å². The van der Waals surface area contributed by atoms with Crippen LogP contribution in [0, 0.1) is 0 Å². The number of morpholine rings is 1. The first-order valence-electron chi connectivity index (χ1n) is 11.1. The number of ether oxygens (including phenoxy) is 3. The van der Waals surface area contributed by atoms with Gasteiger partial charge in [-0.1, -0.05) is 11.6 Å². The number of rotatable bonds is 8. The van der Waals surface area contributed by atoms with Crippen LogP contribution >= 0.6 is 11.6 Å². The number of nitrogens with zero attached hydrogens (tertiary/aromatic N) is 2. The number of fused-ring (bicyclic) bond motifs is 1. The lowest BCUT2D eigenvalue weighted by Gasteiger charge is -2.34. The summed E-state index contributed by atoms with van der Waals surface area (Å²) in [7, 11) is -7.26. The molecular weight excluding hydrogens is 534 g/mol. The number of benzene rings is 2. The minimum Gasteiger partial charge on any atom is -0.492 e. The zero-order chi connectivity index (χ0) is 25.9. The first kappa shape index (κ1) is 26.5. The van der Waals surface area contributed by atoms with Gasteiger partial charge in [-0.05, 0) is 42.5 Å². The van der Waals surface area contributed by atoms with Crippen molar-refractivity contribution in [2.75, 3.05) is 56.6 Å². The van der Waals surface area contributed by atoms with Crippen LogP contribution < -0.4 is 19.1 Å². The fraction of sp³-hybridized carbons (Fsp3) is 0.409. The van der Waals surface area contributed by atoms with E-state index in [0.29, 0.717) is 37.1 Å². The van der Waals surface area contributed by atoms with Crippen LogP contribution in [0.1, 0.15) is 0 Å². The fourth-order valence-corrected chi connectivity index (χ4v) is 6.26. The summed E-state index contributed by atoms with van der Waals surface area (Å²) in [4.78, 5) is 12.8. The van der Waals surface area contributed by atoms with Crippen molar-refractivity contribution in [3.05, 3.63) is 47.5 Å². The maximum absolute atomic E-state index is 12.7. The summed E-state index contributed by atoms with van der Waals surface area (Å²) in [6.07, 6.45) is -0.0124. The molecule has 1 atom stereocenters. The number of sulfonamides is 2. The van der Waals surface area contributed by atoms with Crippen LogP contribution in [0.3, 0.4) is 0 Å². The van der Waals surface area contributed by atoms with E-state index in [1.807, 2.05) is 0 Å². The van der Waals surface area contributed by atoms with Gasteiger partial charge < -0.3 is 19.5 Å². The fourth-order valence-electron chi connectivity index (χ4n) is 3.78. The molecule has 1 amide bonds. The molecule has 0 spiro atoms. The Morgan fingerprint density at radius 3 is 2.47 bits per heavy atom. The van der Waals surface area contributed by atoms with E-state index in [1.165, 1.54) is 28.6 Å². The molecule has 2 heterocycles. The SMILES string of the molecule is CS(=O)(=O)N1CC(C(=O)NCCOc2ccc(S(=O)(=O)N3CCOCC3)cc2)Oc2ccc(Cl)cc21. The Labute approximate surface area is 215 Å². The largest absolute Gasteiger partial charge is 0.492 e. The summed E-state index contributed by atoms with van der Waals surface area (Å²) in [5.74, 6) is 0.174. The second-order valence-corrected chi connectivity index (χ2v) is 12.4. The molecule has 14 heteroatoms. The van der Waals surface area contributed by atoms with Crippen molar-refractivity contribution in [3.63, 3.8) is 0 Å². The molecule has 0 bridgehead atoms. The van der Waals surface area contributed by atoms with E-state index in [4.69, 9.17) is 25.8 Å². The second-order valence-electron chi connectivity index (χ2n) is 8.14. The van der Waals surface area contributed by atoms with E-state index in [1.54, 1.807) is 18.2 Å². The molecule has 1 saturated heterocycles. The molecule has 0 aliphatic carbocycles. The summed E-state index contributed by atoms with van der Waals surface area (Å²) < 4.78 is 68.8. The highest BCUT2D eigenvalue weighted by Gasteiger charge is 2.35. The average molecular weight is 560 g/mol. The highest BCUT2D eigenvalue weighted by molar-refractivity contribution is 7.92. The van der Waals surface area contributed by atoms with Crippen LogP contribution in [0.4, 0.5) is 5.69 Å². The third-order valence-corrected chi connectivity index (χ3v) is 8.88. The van der Waals surface area contributed by atoms with E-state index >= 15 is 0 Å². The van der Waals surface area contributed by atoms with Crippen molar-refractivity contribution in [2.45, 2.75) is 11.0 Å². The molecule has 2 aliphatic rings. The Bertz CT molecular complexity index is 1310. The van der Waals surface area contributed by atoms with Gasteiger partial charge >= 0.3 is 0 Å². The van der Waals surface area contributed by atoms with Crippen LogP contribution in [0.15, 0.2) is 47.4 Å². The highest BCUT2D eigenvalue weighted by atomic mass is 35.5. The molecule has 0 radical (unpaired) electrons. The Kier molecular flexibility index (Phi) is 7.95. The Morgan fingerprint density at radius 2 is 1.81 bits per heavy atom. The number of hydrogen-bond donors (Lipinski definition) is 1. The van der Waals surface area contributed by atoms with Crippen LogP contribution in [0.2, 0.25) is 5.02 Å². The lowest BCUT2D eigenvalue weighted by molar-refractivity contribution is -0.127. The third kappa shape index (κ3) is 6.03. The average Bonchev–Trinajstić information content (AvgIpc) is 2.86. The van der Waals surface area contributed by atoms with Gasteiger partial charge in [0.25, 0.3) is 5.91 Å². The van der Waals surface area contributed by atoms with Gasteiger partial charge in [0.15, 0.2) is 6.10 Å². The van der Waals surface area contributed by atoms with Crippen LogP contribution in [-0.4, -0.2) is 85.4 Å². The molecule has 1 N–H and O–H groups in total. The Balaban J connectivity index is 1.30. The molecular formula is C22H26ClN3O8S2. The van der Waals surface area contributed by atoms with E-state index in [0.717, 1.165) is 10.6 Å². The Morgan fingerprint density at radius 1 is 1.11 bits per heavy atom. The molecule has 0 saturated carbocycles. The molecule has 2 aromatic carbocycles. The van der Waals surface area contributed by atoms with Crippen molar-refractivity contribution < 1.29 is 35.8 Å². The molecule has 36 heavy (non-hydrogen) atoms. The van der Waals surface area contributed by atoms with Crippen LogP contribution in [0.5, 0.6) is 11.5 Å². The molecule has 1 unspecified atom stereocenters. The second kappa shape index (κ2) is 10.8. The van der Waals surface area contributed by atoms with Gasteiger partial charge in [0.2, 0.25) is 20.0 Å². The number of amides is 1. The lowest BCUT2D eigenvalue weighted by atomic mass is 10.2. The maximum atomic E-state index is 12.7. The third-order valence-electron chi connectivity index (χ3n) is 5.58. The predicted molar refractivity (Wildman–Crippen MR) is 133 cm³/mol. The first-order chi connectivity index (χ1) is 17.1. The molecule has 11 nitrogen and oxygen atoms in total. The predicted octanol–water partition coefficient (Wildman–Crippen LogP) is 1.08. The number of carbonyl (C=O) groups is 1. The zero-order valence-corrected chi connectivity index (χ0v) is 21.8. The van der Waals surface area contributed by atoms with Gasteiger partial charge in [0.05, 0.1) is 43.1 Å². The molecule has 2 aromatic rings. The Hall–Kier alpha value is -2.58. The van der Waals surface area contributed by atoms with Gasteiger partial charge in [-0.15, -0.1) is 0 Å².